The van der Waals surface area contributed by atoms with Gasteiger partial charge in [0.15, 0.2) is 0 Å². The van der Waals surface area contributed by atoms with Crippen LogP contribution in [0.2, 0.25) is 0 Å². The molecule has 0 bridgehead atoms. The summed E-state index contributed by atoms with van der Waals surface area (Å²) in [5, 5.41) is 11.6. The van der Waals surface area contributed by atoms with Gasteiger partial charge < -0.3 is 15.2 Å². The number of carbonyl (C=O) groups is 2. The molecule has 0 aliphatic rings. The van der Waals surface area contributed by atoms with Gasteiger partial charge in [-0.2, -0.15) is 0 Å². The van der Waals surface area contributed by atoms with Gasteiger partial charge >= 0.3 is 5.97 Å². The number of hydrogen-bond acceptors (Lipinski definition) is 3. The minimum Gasteiger partial charge on any atom is -0.493 e. The lowest BCUT2D eigenvalue weighted by atomic mass is 10.1. The topological polar surface area (TPSA) is 75.6 Å². The van der Waals surface area contributed by atoms with Gasteiger partial charge in [-0.25, -0.2) is 4.79 Å². The number of hydrogen-bond donors (Lipinski definition) is 2. The molecule has 0 atom stereocenters. The molecule has 0 saturated carbocycles. The Morgan fingerprint density at radius 1 is 1.39 bits per heavy atom. The fourth-order valence-corrected chi connectivity index (χ4v) is 1.54. The molecule has 5 nitrogen and oxygen atoms in total. The highest BCUT2D eigenvalue weighted by Crippen LogP contribution is 2.21. The lowest BCUT2D eigenvalue weighted by Gasteiger charge is -2.10. The Bertz CT molecular complexity index is 443. The molecular weight excluding hydrogens is 234 g/mol. The van der Waals surface area contributed by atoms with Crippen LogP contribution in [0.5, 0.6) is 5.75 Å². The Labute approximate surface area is 106 Å². The number of carboxylic acids is 1. The van der Waals surface area contributed by atoms with Crippen molar-refractivity contribution in [1.29, 1.82) is 0 Å². The largest absolute Gasteiger partial charge is 0.493 e. The minimum atomic E-state index is -0.985. The third-order valence-corrected chi connectivity index (χ3v) is 2.48. The number of aromatic carboxylic acids is 1. The van der Waals surface area contributed by atoms with Gasteiger partial charge in [0.2, 0.25) is 5.91 Å². The first-order valence-corrected chi connectivity index (χ1v) is 5.78. The minimum absolute atomic E-state index is 0.0791. The van der Waals surface area contributed by atoms with Crippen LogP contribution in [0.1, 0.15) is 29.3 Å². The van der Waals surface area contributed by atoms with E-state index in [0.717, 1.165) is 0 Å². The van der Waals surface area contributed by atoms with Crippen LogP contribution in [0.4, 0.5) is 0 Å². The molecule has 0 aliphatic heterocycles. The van der Waals surface area contributed by atoms with E-state index in [4.69, 9.17) is 9.84 Å². The zero-order valence-electron chi connectivity index (χ0n) is 10.5. The van der Waals surface area contributed by atoms with Crippen LogP contribution in [-0.4, -0.2) is 30.1 Å². The highest BCUT2D eigenvalue weighted by Gasteiger charge is 2.11. The van der Waals surface area contributed by atoms with Gasteiger partial charge in [0.1, 0.15) is 5.75 Å². The number of carboxylic acid groups (broad SMARTS) is 1. The number of ether oxygens (including phenoxy) is 1. The van der Waals surface area contributed by atoms with Crippen molar-refractivity contribution in [2.45, 2.75) is 20.3 Å². The number of carbonyl (C=O) groups excluding carboxylic acids is 1. The quantitative estimate of drug-likeness (QED) is 0.805. The van der Waals surface area contributed by atoms with Crippen molar-refractivity contribution in [2.24, 2.45) is 0 Å². The number of rotatable bonds is 6. The van der Waals surface area contributed by atoms with E-state index in [1.807, 2.05) is 6.92 Å². The average molecular weight is 251 g/mol. The summed E-state index contributed by atoms with van der Waals surface area (Å²) in [6.07, 6.45) is 0.255. The van der Waals surface area contributed by atoms with Crippen molar-refractivity contribution in [1.82, 2.24) is 5.32 Å². The van der Waals surface area contributed by atoms with E-state index in [2.05, 4.69) is 5.32 Å². The van der Waals surface area contributed by atoms with E-state index < -0.39 is 5.97 Å². The summed E-state index contributed by atoms with van der Waals surface area (Å²) in [7, 11) is 0. The van der Waals surface area contributed by atoms with E-state index in [1.54, 1.807) is 19.1 Å². The third-order valence-electron chi connectivity index (χ3n) is 2.48. The molecule has 0 aliphatic carbocycles. The molecule has 1 aromatic rings. The van der Waals surface area contributed by atoms with Gasteiger partial charge in [-0.15, -0.1) is 0 Å². The molecule has 2 N–H and O–H groups in total. The Morgan fingerprint density at radius 3 is 2.72 bits per heavy atom. The highest BCUT2D eigenvalue weighted by atomic mass is 16.5. The fraction of sp³-hybridized carbons (Fsp3) is 0.385. The van der Waals surface area contributed by atoms with Crippen LogP contribution in [0.15, 0.2) is 18.2 Å². The van der Waals surface area contributed by atoms with Gasteiger partial charge in [-0.3, -0.25) is 4.79 Å². The molecule has 0 fully saturated rings. The second kappa shape index (κ2) is 6.64. The molecule has 18 heavy (non-hydrogen) atoms. The monoisotopic (exact) mass is 251 g/mol. The molecule has 0 saturated heterocycles. The maximum Gasteiger partial charge on any atom is 0.336 e. The first kappa shape index (κ1) is 14.0. The summed E-state index contributed by atoms with van der Waals surface area (Å²) in [5.41, 5.74) is 0.784. The first-order chi connectivity index (χ1) is 8.56. The number of nitrogens with one attached hydrogen (secondary N) is 1. The van der Waals surface area contributed by atoms with E-state index in [-0.39, 0.29) is 24.5 Å². The van der Waals surface area contributed by atoms with E-state index >= 15 is 0 Å². The molecule has 1 amide bonds. The second-order valence-electron chi connectivity index (χ2n) is 3.79. The summed E-state index contributed by atoms with van der Waals surface area (Å²) >= 11 is 0. The molecular formula is C13H17NO4. The molecule has 0 spiro atoms. The van der Waals surface area contributed by atoms with Crippen molar-refractivity contribution in [3.8, 4) is 5.75 Å². The Morgan fingerprint density at radius 2 is 2.11 bits per heavy atom. The second-order valence-corrected chi connectivity index (χ2v) is 3.79. The summed E-state index contributed by atoms with van der Waals surface area (Å²) in [6, 6.07) is 4.84. The van der Waals surface area contributed by atoms with Crippen molar-refractivity contribution in [3.63, 3.8) is 0 Å². The van der Waals surface area contributed by atoms with Crippen LogP contribution in [0.3, 0.4) is 0 Å². The van der Waals surface area contributed by atoms with Crippen LogP contribution in [0.25, 0.3) is 0 Å². The van der Waals surface area contributed by atoms with E-state index in [1.165, 1.54) is 6.07 Å². The molecule has 0 heterocycles. The zero-order valence-corrected chi connectivity index (χ0v) is 10.5. The zero-order chi connectivity index (χ0) is 13.5. The SMILES string of the molecule is CCNC(=O)CCOc1cccc(C(=O)O)c1C. The van der Waals surface area contributed by atoms with Gasteiger partial charge in [0.05, 0.1) is 18.6 Å². The standard InChI is InChI=1S/C13H17NO4/c1-3-14-12(15)7-8-18-11-6-4-5-10(9(11)2)13(16)17/h4-6H,3,7-8H2,1-2H3,(H,14,15)(H,16,17). The Kier molecular flexibility index (Phi) is 5.17. The maximum atomic E-state index is 11.2. The van der Waals surface area contributed by atoms with Crippen LogP contribution >= 0.6 is 0 Å². The smallest absolute Gasteiger partial charge is 0.336 e. The van der Waals surface area contributed by atoms with Crippen molar-refractivity contribution >= 4 is 11.9 Å². The lowest BCUT2D eigenvalue weighted by Crippen LogP contribution is -2.24. The van der Waals surface area contributed by atoms with Crippen molar-refractivity contribution in [2.75, 3.05) is 13.2 Å². The van der Waals surface area contributed by atoms with Crippen LogP contribution in [0, 0.1) is 6.92 Å². The first-order valence-electron chi connectivity index (χ1n) is 5.78. The highest BCUT2D eigenvalue weighted by molar-refractivity contribution is 5.90. The Hall–Kier alpha value is -2.04. The molecule has 98 valence electrons. The number of benzene rings is 1. The van der Waals surface area contributed by atoms with Gasteiger partial charge in [-0.05, 0) is 26.0 Å². The average Bonchev–Trinajstić information content (AvgIpc) is 2.31. The molecule has 0 unspecified atom stereocenters. The van der Waals surface area contributed by atoms with Crippen LogP contribution < -0.4 is 10.1 Å². The molecule has 5 heteroatoms. The molecule has 0 aromatic heterocycles. The number of amides is 1. The normalized spacial score (nSPS) is 9.89. The Balaban J connectivity index is 2.60. The molecule has 1 rings (SSSR count). The van der Waals surface area contributed by atoms with Crippen molar-refractivity contribution < 1.29 is 19.4 Å². The van der Waals surface area contributed by atoms with E-state index in [0.29, 0.717) is 17.9 Å². The molecule has 0 radical (unpaired) electrons. The third kappa shape index (κ3) is 3.76. The summed E-state index contributed by atoms with van der Waals surface area (Å²) in [6.45, 7) is 4.35. The summed E-state index contributed by atoms with van der Waals surface area (Å²) in [4.78, 5) is 22.1. The van der Waals surface area contributed by atoms with Gasteiger partial charge in [-0.1, -0.05) is 6.07 Å². The summed E-state index contributed by atoms with van der Waals surface area (Å²) < 4.78 is 5.42. The fourth-order valence-electron chi connectivity index (χ4n) is 1.54. The van der Waals surface area contributed by atoms with Crippen LogP contribution in [-0.2, 0) is 4.79 Å². The summed E-state index contributed by atoms with van der Waals surface area (Å²) in [5.74, 6) is -0.564. The van der Waals surface area contributed by atoms with Gasteiger partial charge in [0, 0.05) is 12.1 Å². The predicted molar refractivity (Wildman–Crippen MR) is 66.9 cm³/mol. The molecule has 1 aromatic carbocycles. The predicted octanol–water partition coefficient (Wildman–Crippen LogP) is 1.60. The van der Waals surface area contributed by atoms with E-state index in [9.17, 15) is 9.59 Å². The van der Waals surface area contributed by atoms with Crippen molar-refractivity contribution in [3.05, 3.63) is 29.3 Å². The van der Waals surface area contributed by atoms with Gasteiger partial charge in [0.25, 0.3) is 0 Å². The lowest BCUT2D eigenvalue weighted by molar-refractivity contribution is -0.121. The maximum absolute atomic E-state index is 11.2.